The monoisotopic (exact) mass is 153 g/mol. The molecule has 1 heterocycles. The highest BCUT2D eigenvalue weighted by atomic mass is 14.8. The second-order valence-corrected chi connectivity index (χ2v) is 2.98. The summed E-state index contributed by atoms with van der Waals surface area (Å²) in [6, 6.07) is 8.38. The fraction of sp³-hybridized carbons (Fsp3) is 0. The van der Waals surface area contributed by atoms with Gasteiger partial charge < -0.3 is 0 Å². The van der Waals surface area contributed by atoms with Gasteiger partial charge in [-0.2, -0.15) is 0 Å². The molecule has 0 fully saturated rings. The van der Waals surface area contributed by atoms with Crippen LogP contribution in [0.25, 0.3) is 11.6 Å². The van der Waals surface area contributed by atoms with Crippen LogP contribution in [0.15, 0.2) is 41.0 Å². The fourth-order valence-electron chi connectivity index (χ4n) is 1.71. The van der Waals surface area contributed by atoms with Crippen LogP contribution in [0.5, 0.6) is 0 Å². The second-order valence-electron chi connectivity index (χ2n) is 2.98. The van der Waals surface area contributed by atoms with Gasteiger partial charge in [-0.15, -0.1) is 0 Å². The summed E-state index contributed by atoms with van der Waals surface area (Å²) in [4.78, 5) is 4.26. The summed E-state index contributed by atoms with van der Waals surface area (Å²) < 4.78 is 0. The molecular weight excluding hydrogens is 146 g/mol. The average Bonchev–Trinajstić information content (AvgIpc) is 2.62. The van der Waals surface area contributed by atoms with Gasteiger partial charge in [-0.1, -0.05) is 24.3 Å². The molecule has 1 aromatic carbocycles. The van der Waals surface area contributed by atoms with Crippen molar-refractivity contribution in [3.05, 3.63) is 47.2 Å². The first kappa shape index (κ1) is 5.95. The van der Waals surface area contributed by atoms with Gasteiger partial charge in [-0.05, 0) is 23.3 Å². The number of fused-ring (bicyclic) bond motifs is 3. The third-order valence-corrected chi connectivity index (χ3v) is 2.27. The molecule has 0 radical (unpaired) electrons. The van der Waals surface area contributed by atoms with E-state index in [4.69, 9.17) is 0 Å². The molecule has 0 N–H and O–H groups in total. The molecule has 2 aliphatic rings. The van der Waals surface area contributed by atoms with Crippen LogP contribution in [-0.2, 0) is 0 Å². The molecule has 1 heteroatoms. The van der Waals surface area contributed by atoms with Gasteiger partial charge in [0.05, 0.1) is 5.70 Å². The van der Waals surface area contributed by atoms with E-state index in [1.165, 1.54) is 16.7 Å². The lowest BCUT2D eigenvalue weighted by Crippen LogP contribution is -1.78. The Bertz CT molecular complexity index is 436. The highest BCUT2D eigenvalue weighted by Gasteiger charge is 2.18. The van der Waals surface area contributed by atoms with Crippen LogP contribution in [0.3, 0.4) is 0 Å². The molecule has 1 aliphatic heterocycles. The van der Waals surface area contributed by atoms with Gasteiger partial charge in [0.2, 0.25) is 0 Å². The molecule has 0 bridgehead atoms. The Hall–Kier alpha value is -1.63. The fourth-order valence-corrected chi connectivity index (χ4v) is 1.71. The SMILES string of the molecule is C1=NC2=Cc3ccccc3C2=C1. The maximum absolute atomic E-state index is 4.26. The van der Waals surface area contributed by atoms with Crippen molar-refractivity contribution in [1.82, 2.24) is 0 Å². The number of nitrogens with zero attached hydrogens (tertiary/aromatic N) is 1. The number of rotatable bonds is 0. The summed E-state index contributed by atoms with van der Waals surface area (Å²) in [6.45, 7) is 0. The highest BCUT2D eigenvalue weighted by molar-refractivity contribution is 6.05. The molecule has 3 rings (SSSR count). The Kier molecular flexibility index (Phi) is 0.965. The van der Waals surface area contributed by atoms with Crippen LogP contribution in [0.4, 0.5) is 0 Å². The standard InChI is InChI=1S/C11H7N/c1-2-4-9-8(3-1)7-11-10(9)5-6-12-11/h1-7H. The quantitative estimate of drug-likeness (QED) is 0.543. The van der Waals surface area contributed by atoms with E-state index in [0.29, 0.717) is 0 Å². The van der Waals surface area contributed by atoms with Crippen molar-refractivity contribution in [2.24, 2.45) is 4.99 Å². The zero-order valence-corrected chi connectivity index (χ0v) is 6.49. The Morgan fingerprint density at radius 2 is 2.00 bits per heavy atom. The zero-order valence-electron chi connectivity index (χ0n) is 6.49. The number of benzene rings is 1. The second kappa shape index (κ2) is 1.95. The molecule has 12 heavy (non-hydrogen) atoms. The van der Waals surface area contributed by atoms with E-state index in [9.17, 15) is 0 Å². The van der Waals surface area contributed by atoms with E-state index >= 15 is 0 Å². The summed E-state index contributed by atoms with van der Waals surface area (Å²) in [7, 11) is 0. The Labute approximate surface area is 70.8 Å². The van der Waals surface area contributed by atoms with E-state index in [1.54, 1.807) is 0 Å². The van der Waals surface area contributed by atoms with Gasteiger partial charge >= 0.3 is 0 Å². The highest BCUT2D eigenvalue weighted by Crippen LogP contribution is 2.37. The number of hydrogen-bond acceptors (Lipinski definition) is 1. The molecular formula is C11H7N. The lowest BCUT2D eigenvalue weighted by molar-refractivity contribution is 1.53. The van der Waals surface area contributed by atoms with Crippen molar-refractivity contribution in [1.29, 1.82) is 0 Å². The topological polar surface area (TPSA) is 12.4 Å². The van der Waals surface area contributed by atoms with Gasteiger partial charge in [0.15, 0.2) is 0 Å². The summed E-state index contributed by atoms with van der Waals surface area (Å²) >= 11 is 0. The zero-order chi connectivity index (χ0) is 7.97. The van der Waals surface area contributed by atoms with Crippen LogP contribution in [0, 0.1) is 0 Å². The van der Waals surface area contributed by atoms with Crippen LogP contribution in [0.2, 0.25) is 0 Å². The first-order chi connectivity index (χ1) is 5.95. The molecule has 0 saturated carbocycles. The third-order valence-electron chi connectivity index (χ3n) is 2.27. The minimum atomic E-state index is 1.11. The lowest BCUT2D eigenvalue weighted by atomic mass is 10.1. The maximum Gasteiger partial charge on any atom is 0.0714 e. The molecule has 56 valence electrons. The van der Waals surface area contributed by atoms with Gasteiger partial charge in [0.1, 0.15) is 0 Å². The molecule has 0 amide bonds. The van der Waals surface area contributed by atoms with E-state index in [1.807, 2.05) is 6.21 Å². The lowest BCUT2D eigenvalue weighted by Gasteiger charge is -1.97. The predicted molar refractivity (Wildman–Crippen MR) is 50.9 cm³/mol. The Morgan fingerprint density at radius 1 is 1.08 bits per heavy atom. The van der Waals surface area contributed by atoms with Crippen LogP contribution >= 0.6 is 0 Å². The van der Waals surface area contributed by atoms with Crippen molar-refractivity contribution < 1.29 is 0 Å². The van der Waals surface area contributed by atoms with Crippen LogP contribution in [-0.4, -0.2) is 6.21 Å². The van der Waals surface area contributed by atoms with Gasteiger partial charge in [0, 0.05) is 11.8 Å². The summed E-state index contributed by atoms with van der Waals surface area (Å²) in [5.74, 6) is 0. The molecule has 1 aliphatic carbocycles. The first-order valence-electron chi connectivity index (χ1n) is 4.01. The summed E-state index contributed by atoms with van der Waals surface area (Å²) in [6.07, 6.45) is 6.06. The van der Waals surface area contributed by atoms with Crippen molar-refractivity contribution in [2.75, 3.05) is 0 Å². The first-order valence-corrected chi connectivity index (χ1v) is 4.01. The summed E-state index contributed by atoms with van der Waals surface area (Å²) in [5.41, 5.74) is 4.97. The Balaban J connectivity index is 2.33. The number of allylic oxidation sites excluding steroid dienone is 2. The molecule has 1 nitrogen and oxygen atoms in total. The van der Waals surface area contributed by atoms with Crippen molar-refractivity contribution in [3.8, 4) is 0 Å². The average molecular weight is 153 g/mol. The van der Waals surface area contributed by atoms with Crippen LogP contribution in [0.1, 0.15) is 11.1 Å². The van der Waals surface area contributed by atoms with E-state index in [2.05, 4.69) is 41.4 Å². The van der Waals surface area contributed by atoms with E-state index in [0.717, 1.165) is 5.70 Å². The maximum atomic E-state index is 4.26. The number of hydrogen-bond donors (Lipinski definition) is 0. The number of aliphatic imine (C=N–C) groups is 1. The Morgan fingerprint density at radius 3 is 3.00 bits per heavy atom. The molecule has 0 unspecified atom stereocenters. The third kappa shape index (κ3) is 0.607. The van der Waals surface area contributed by atoms with Crippen molar-refractivity contribution in [2.45, 2.75) is 0 Å². The van der Waals surface area contributed by atoms with Gasteiger partial charge in [-0.3, -0.25) is 4.99 Å². The summed E-state index contributed by atoms with van der Waals surface area (Å²) in [5, 5.41) is 0. The molecule has 1 aromatic rings. The molecule has 0 atom stereocenters. The van der Waals surface area contributed by atoms with Gasteiger partial charge in [-0.25, -0.2) is 0 Å². The molecule has 0 aromatic heterocycles. The van der Waals surface area contributed by atoms with E-state index < -0.39 is 0 Å². The van der Waals surface area contributed by atoms with Crippen molar-refractivity contribution in [3.63, 3.8) is 0 Å². The van der Waals surface area contributed by atoms with E-state index in [-0.39, 0.29) is 0 Å². The minimum Gasteiger partial charge on any atom is -0.256 e. The predicted octanol–water partition coefficient (Wildman–Crippen LogP) is 2.51. The largest absolute Gasteiger partial charge is 0.256 e. The minimum absolute atomic E-state index is 1.11. The molecule has 0 spiro atoms. The van der Waals surface area contributed by atoms with Crippen LogP contribution < -0.4 is 0 Å². The smallest absolute Gasteiger partial charge is 0.0714 e. The molecule has 0 saturated heterocycles. The van der Waals surface area contributed by atoms with Crippen molar-refractivity contribution >= 4 is 17.9 Å². The normalized spacial score (nSPS) is 17.0. The van der Waals surface area contributed by atoms with Gasteiger partial charge in [0.25, 0.3) is 0 Å².